The van der Waals surface area contributed by atoms with Crippen LogP contribution in [0.2, 0.25) is 0 Å². The van der Waals surface area contributed by atoms with Gasteiger partial charge in [0.15, 0.2) is 0 Å². The summed E-state index contributed by atoms with van der Waals surface area (Å²) in [6.07, 6.45) is 0.592. The summed E-state index contributed by atoms with van der Waals surface area (Å²) in [4.78, 5) is 4.66. The minimum atomic E-state index is -3.62. The molecule has 0 radical (unpaired) electrons. The Morgan fingerprint density at radius 3 is 2.50 bits per heavy atom. The van der Waals surface area contributed by atoms with Crippen LogP contribution in [-0.2, 0) is 16.4 Å². The number of benzene rings is 2. The van der Waals surface area contributed by atoms with E-state index in [-0.39, 0.29) is 10.9 Å². The first kappa shape index (κ1) is 22.0. The van der Waals surface area contributed by atoms with Gasteiger partial charge in [0, 0.05) is 30.5 Å². The second-order valence-electron chi connectivity index (χ2n) is 6.62. The molecule has 1 unspecified atom stereocenters. The molecular formula is C20H24N4O4S2. The van der Waals surface area contributed by atoms with Crippen LogP contribution in [0.25, 0.3) is 0 Å². The summed E-state index contributed by atoms with van der Waals surface area (Å²) in [5.74, 6) is 2.09. The van der Waals surface area contributed by atoms with Gasteiger partial charge in [0.1, 0.15) is 17.3 Å². The number of hydrogen-bond donors (Lipinski definition) is 2. The zero-order valence-corrected chi connectivity index (χ0v) is 18.6. The number of hydrogen-bond acceptors (Lipinski definition) is 8. The van der Waals surface area contributed by atoms with Crippen LogP contribution in [0.5, 0.6) is 11.5 Å². The van der Waals surface area contributed by atoms with Crippen molar-refractivity contribution in [2.24, 2.45) is 0 Å². The van der Waals surface area contributed by atoms with Crippen molar-refractivity contribution in [2.75, 3.05) is 26.1 Å². The Morgan fingerprint density at radius 1 is 1.07 bits per heavy atom. The minimum Gasteiger partial charge on any atom is -0.497 e. The van der Waals surface area contributed by atoms with Crippen molar-refractivity contribution in [1.29, 1.82) is 0 Å². The van der Waals surface area contributed by atoms with Crippen molar-refractivity contribution in [2.45, 2.75) is 24.3 Å². The van der Waals surface area contributed by atoms with E-state index in [1.165, 1.54) is 30.8 Å². The number of nitrogens with one attached hydrogen (secondary N) is 2. The van der Waals surface area contributed by atoms with Gasteiger partial charge >= 0.3 is 0 Å². The molecule has 0 aliphatic rings. The van der Waals surface area contributed by atoms with Crippen molar-refractivity contribution in [3.8, 4) is 11.5 Å². The number of nitrogens with zero attached hydrogens (tertiary/aromatic N) is 2. The molecule has 0 bridgehead atoms. The lowest BCUT2D eigenvalue weighted by Gasteiger charge is -2.14. The summed E-state index contributed by atoms with van der Waals surface area (Å²) >= 11 is 1.24. The number of aromatic nitrogens is 2. The highest BCUT2D eigenvalue weighted by atomic mass is 32.2. The maximum Gasteiger partial charge on any atom is 0.240 e. The fraction of sp³-hybridized carbons (Fsp3) is 0.300. The van der Waals surface area contributed by atoms with Crippen molar-refractivity contribution in [3.63, 3.8) is 0 Å². The van der Waals surface area contributed by atoms with Gasteiger partial charge in [-0.2, -0.15) is 4.37 Å². The molecule has 0 fully saturated rings. The van der Waals surface area contributed by atoms with Crippen molar-refractivity contribution in [3.05, 3.63) is 59.9 Å². The zero-order chi connectivity index (χ0) is 21.6. The SMILES string of the molecule is COc1ccc(S(=O)(=O)NC(C)CNc2nc(Cc3cccc(OC)c3)ns2)cc1. The van der Waals surface area contributed by atoms with Gasteiger partial charge in [0.2, 0.25) is 15.2 Å². The highest BCUT2D eigenvalue weighted by molar-refractivity contribution is 7.89. The average Bonchev–Trinajstić information content (AvgIpc) is 3.19. The fourth-order valence-electron chi connectivity index (χ4n) is 2.73. The van der Waals surface area contributed by atoms with E-state index in [0.717, 1.165) is 11.3 Å². The van der Waals surface area contributed by atoms with E-state index >= 15 is 0 Å². The smallest absolute Gasteiger partial charge is 0.240 e. The Labute approximate surface area is 180 Å². The number of rotatable bonds is 10. The molecule has 0 amide bonds. The highest BCUT2D eigenvalue weighted by Crippen LogP contribution is 2.18. The Hall–Kier alpha value is -2.69. The number of sulfonamides is 1. The predicted octanol–water partition coefficient (Wildman–Crippen LogP) is 2.93. The summed E-state index contributed by atoms with van der Waals surface area (Å²) in [6, 6.07) is 13.7. The summed E-state index contributed by atoms with van der Waals surface area (Å²) < 4.78 is 42.3. The molecule has 2 aromatic carbocycles. The Balaban J connectivity index is 1.53. The van der Waals surface area contributed by atoms with Gasteiger partial charge in [0.05, 0.1) is 19.1 Å². The average molecular weight is 449 g/mol. The van der Waals surface area contributed by atoms with Crippen LogP contribution in [0.4, 0.5) is 5.13 Å². The number of ether oxygens (including phenoxy) is 2. The largest absolute Gasteiger partial charge is 0.497 e. The predicted molar refractivity (Wildman–Crippen MR) is 117 cm³/mol. The molecular weight excluding hydrogens is 424 g/mol. The van der Waals surface area contributed by atoms with E-state index in [9.17, 15) is 8.42 Å². The monoisotopic (exact) mass is 448 g/mol. The van der Waals surface area contributed by atoms with Gasteiger partial charge in [-0.25, -0.2) is 18.1 Å². The first-order valence-electron chi connectivity index (χ1n) is 9.25. The normalized spacial score (nSPS) is 12.4. The minimum absolute atomic E-state index is 0.187. The van der Waals surface area contributed by atoms with Gasteiger partial charge in [-0.15, -0.1) is 0 Å². The maximum atomic E-state index is 12.5. The molecule has 1 aromatic heterocycles. The zero-order valence-electron chi connectivity index (χ0n) is 17.0. The summed E-state index contributed by atoms with van der Waals surface area (Å²) in [5.41, 5.74) is 1.05. The summed E-state index contributed by atoms with van der Waals surface area (Å²) in [5, 5.41) is 3.78. The van der Waals surface area contributed by atoms with Gasteiger partial charge < -0.3 is 14.8 Å². The molecule has 0 aliphatic heterocycles. The van der Waals surface area contributed by atoms with E-state index in [4.69, 9.17) is 9.47 Å². The Kier molecular flexibility index (Phi) is 7.24. The quantitative estimate of drug-likeness (QED) is 0.492. The second-order valence-corrected chi connectivity index (χ2v) is 9.09. The van der Waals surface area contributed by atoms with Crippen LogP contribution in [0, 0.1) is 0 Å². The van der Waals surface area contributed by atoms with E-state index < -0.39 is 10.0 Å². The Morgan fingerprint density at radius 2 is 1.80 bits per heavy atom. The van der Waals surface area contributed by atoms with Gasteiger partial charge in [-0.3, -0.25) is 0 Å². The highest BCUT2D eigenvalue weighted by Gasteiger charge is 2.17. The lowest BCUT2D eigenvalue weighted by atomic mass is 10.1. The number of methoxy groups -OCH3 is 2. The van der Waals surface area contributed by atoms with E-state index in [1.807, 2.05) is 24.3 Å². The van der Waals surface area contributed by atoms with E-state index in [2.05, 4.69) is 19.4 Å². The van der Waals surface area contributed by atoms with E-state index in [0.29, 0.717) is 29.7 Å². The van der Waals surface area contributed by atoms with Gasteiger partial charge in [-0.1, -0.05) is 12.1 Å². The maximum absolute atomic E-state index is 12.5. The molecule has 10 heteroatoms. The molecule has 0 saturated heterocycles. The van der Waals surface area contributed by atoms with Gasteiger partial charge in [0.25, 0.3) is 0 Å². The topological polar surface area (TPSA) is 102 Å². The molecule has 8 nitrogen and oxygen atoms in total. The fourth-order valence-corrected chi connectivity index (χ4v) is 4.57. The molecule has 1 atom stereocenters. The van der Waals surface area contributed by atoms with Crippen LogP contribution in [-0.4, -0.2) is 44.6 Å². The van der Waals surface area contributed by atoms with Crippen molar-refractivity contribution < 1.29 is 17.9 Å². The third-order valence-corrected chi connectivity index (χ3v) is 6.57. The van der Waals surface area contributed by atoms with Crippen LogP contribution in [0.1, 0.15) is 18.3 Å². The molecule has 0 spiro atoms. The summed E-state index contributed by atoms with van der Waals surface area (Å²) in [7, 11) is -0.457. The molecule has 3 aromatic rings. The first-order chi connectivity index (χ1) is 14.4. The molecule has 0 saturated carbocycles. The molecule has 30 heavy (non-hydrogen) atoms. The molecule has 2 N–H and O–H groups in total. The standard InChI is InChI=1S/C20H24N4O4S2/c1-14(24-30(25,26)18-9-7-16(27-2)8-10-18)13-21-20-22-19(23-29-20)12-15-5-4-6-17(11-15)28-3/h4-11,14,24H,12-13H2,1-3H3,(H,21,22,23). The molecule has 0 aliphatic carbocycles. The lowest BCUT2D eigenvalue weighted by molar-refractivity contribution is 0.414. The van der Waals surface area contributed by atoms with Crippen LogP contribution in [0.15, 0.2) is 53.4 Å². The first-order valence-corrected chi connectivity index (χ1v) is 11.5. The van der Waals surface area contributed by atoms with E-state index in [1.54, 1.807) is 26.2 Å². The molecule has 1 heterocycles. The van der Waals surface area contributed by atoms with Crippen molar-refractivity contribution >= 4 is 26.7 Å². The van der Waals surface area contributed by atoms with Crippen LogP contribution >= 0.6 is 11.5 Å². The lowest BCUT2D eigenvalue weighted by Crippen LogP contribution is -2.37. The van der Waals surface area contributed by atoms with Crippen molar-refractivity contribution in [1.82, 2.24) is 14.1 Å². The third kappa shape index (κ3) is 5.91. The third-order valence-electron chi connectivity index (χ3n) is 4.25. The van der Waals surface area contributed by atoms with Crippen LogP contribution < -0.4 is 19.5 Å². The number of anilines is 1. The second kappa shape index (κ2) is 9.88. The summed E-state index contributed by atoms with van der Waals surface area (Å²) in [6.45, 7) is 2.16. The van der Waals surface area contributed by atoms with Crippen LogP contribution in [0.3, 0.4) is 0 Å². The molecule has 3 rings (SSSR count). The molecule has 160 valence electrons. The Bertz CT molecular complexity index is 1070. The van der Waals surface area contributed by atoms with Gasteiger partial charge in [-0.05, 0) is 48.9 Å².